The smallest absolute Gasteiger partial charge is 0.0717 e. The van der Waals surface area contributed by atoms with E-state index in [9.17, 15) is 0 Å². The van der Waals surface area contributed by atoms with Crippen LogP contribution in [-0.2, 0) is 17.8 Å². The highest BCUT2D eigenvalue weighted by atomic mass is 127. The summed E-state index contributed by atoms with van der Waals surface area (Å²) >= 11 is 2.33. The molecule has 0 aliphatic carbocycles. The maximum atomic E-state index is 5.66. The average molecular weight is 338 g/mol. The van der Waals surface area contributed by atoms with Crippen molar-refractivity contribution in [1.29, 1.82) is 0 Å². The van der Waals surface area contributed by atoms with E-state index < -0.39 is 0 Å². The summed E-state index contributed by atoms with van der Waals surface area (Å²) in [5.41, 5.74) is 2.57. The molecule has 0 aromatic heterocycles. The fraction of sp³-hybridized carbons (Fsp3) is 0.200. The van der Waals surface area contributed by atoms with Gasteiger partial charge in [0.15, 0.2) is 0 Å². The Kier molecular flexibility index (Phi) is 5.01. The van der Waals surface area contributed by atoms with Gasteiger partial charge in [0.1, 0.15) is 0 Å². The summed E-state index contributed by atoms with van der Waals surface area (Å²) in [6, 6.07) is 18.8. The van der Waals surface area contributed by atoms with Crippen LogP contribution in [0, 0.1) is 3.57 Å². The van der Waals surface area contributed by atoms with E-state index in [4.69, 9.17) is 4.74 Å². The predicted molar refractivity (Wildman–Crippen MR) is 79.0 cm³/mol. The van der Waals surface area contributed by atoms with Crippen LogP contribution >= 0.6 is 22.6 Å². The minimum Gasteiger partial charge on any atom is -0.376 e. The van der Waals surface area contributed by atoms with Gasteiger partial charge >= 0.3 is 0 Å². The van der Waals surface area contributed by atoms with Gasteiger partial charge in [-0.2, -0.15) is 0 Å². The van der Waals surface area contributed by atoms with Gasteiger partial charge in [-0.1, -0.05) is 42.5 Å². The molecule has 0 spiro atoms. The van der Waals surface area contributed by atoms with Gasteiger partial charge in [0.05, 0.1) is 13.2 Å². The molecule has 0 unspecified atom stereocenters. The summed E-state index contributed by atoms with van der Waals surface area (Å²) < 4.78 is 6.94. The summed E-state index contributed by atoms with van der Waals surface area (Å²) in [5.74, 6) is 0. The molecule has 2 rings (SSSR count). The minimum absolute atomic E-state index is 0.699. The largest absolute Gasteiger partial charge is 0.376 e. The van der Waals surface area contributed by atoms with E-state index in [2.05, 4.69) is 59.0 Å². The first-order valence-electron chi connectivity index (χ1n) is 5.71. The van der Waals surface area contributed by atoms with Crippen molar-refractivity contribution in [1.82, 2.24) is 0 Å². The number of ether oxygens (including phenoxy) is 1. The van der Waals surface area contributed by atoms with Crippen LogP contribution in [0.3, 0.4) is 0 Å². The quantitative estimate of drug-likeness (QED) is 0.590. The monoisotopic (exact) mass is 338 g/mol. The fourth-order valence-corrected chi connectivity index (χ4v) is 2.25. The normalized spacial score (nSPS) is 10.4. The first kappa shape index (κ1) is 12.6. The van der Waals surface area contributed by atoms with Crippen molar-refractivity contribution >= 4 is 22.6 Å². The molecule has 2 aromatic carbocycles. The van der Waals surface area contributed by atoms with E-state index in [1.807, 2.05) is 18.2 Å². The van der Waals surface area contributed by atoms with Gasteiger partial charge in [0.2, 0.25) is 0 Å². The minimum atomic E-state index is 0.699. The second-order valence-corrected chi connectivity index (χ2v) is 5.16. The average Bonchev–Trinajstić information content (AvgIpc) is 2.36. The second kappa shape index (κ2) is 6.77. The van der Waals surface area contributed by atoms with Crippen molar-refractivity contribution < 1.29 is 4.74 Å². The van der Waals surface area contributed by atoms with E-state index in [0.717, 1.165) is 13.0 Å². The molecule has 2 aromatic rings. The molecule has 0 saturated heterocycles. The van der Waals surface area contributed by atoms with Gasteiger partial charge in [-0.15, -0.1) is 0 Å². The molecule has 88 valence electrons. The molecule has 0 aliphatic heterocycles. The lowest BCUT2D eigenvalue weighted by atomic mass is 10.2. The Morgan fingerprint density at radius 1 is 0.882 bits per heavy atom. The molecule has 0 heterocycles. The Bertz CT molecular complexity index is 453. The van der Waals surface area contributed by atoms with Gasteiger partial charge in [-0.25, -0.2) is 0 Å². The molecule has 0 bridgehead atoms. The molecule has 0 radical (unpaired) electrons. The zero-order valence-electron chi connectivity index (χ0n) is 9.60. The molecule has 0 aliphatic rings. The lowest BCUT2D eigenvalue weighted by molar-refractivity contribution is 0.124. The summed E-state index contributed by atoms with van der Waals surface area (Å²) in [6.07, 6.45) is 0.976. The van der Waals surface area contributed by atoms with Crippen LogP contribution in [0.15, 0.2) is 54.6 Å². The summed E-state index contributed by atoms with van der Waals surface area (Å²) in [7, 11) is 0. The van der Waals surface area contributed by atoms with Gasteiger partial charge in [0, 0.05) is 3.57 Å². The van der Waals surface area contributed by atoms with E-state index in [-0.39, 0.29) is 0 Å². The van der Waals surface area contributed by atoms with Crippen molar-refractivity contribution in [2.45, 2.75) is 13.0 Å². The lowest BCUT2D eigenvalue weighted by Gasteiger charge is -2.05. The van der Waals surface area contributed by atoms with Gasteiger partial charge in [-0.3, -0.25) is 0 Å². The van der Waals surface area contributed by atoms with Crippen molar-refractivity contribution in [3.8, 4) is 0 Å². The third-order valence-corrected chi connectivity index (χ3v) is 3.21. The highest BCUT2D eigenvalue weighted by molar-refractivity contribution is 14.1. The first-order valence-corrected chi connectivity index (χ1v) is 6.78. The third kappa shape index (κ3) is 4.48. The molecular formula is C15H15IO. The van der Waals surface area contributed by atoms with Crippen LogP contribution in [-0.4, -0.2) is 6.61 Å². The molecule has 0 amide bonds. The van der Waals surface area contributed by atoms with Crippen LogP contribution in [0.4, 0.5) is 0 Å². The fourth-order valence-electron chi connectivity index (χ4n) is 1.65. The Hall–Kier alpha value is -0.870. The molecule has 1 nitrogen and oxygen atoms in total. The van der Waals surface area contributed by atoms with Crippen LogP contribution in [0.1, 0.15) is 11.1 Å². The van der Waals surface area contributed by atoms with Crippen molar-refractivity contribution in [2.24, 2.45) is 0 Å². The maximum absolute atomic E-state index is 5.66. The number of hydrogen-bond donors (Lipinski definition) is 0. The zero-order chi connectivity index (χ0) is 11.9. The van der Waals surface area contributed by atoms with E-state index in [0.29, 0.717) is 6.61 Å². The highest BCUT2D eigenvalue weighted by Gasteiger charge is 1.95. The van der Waals surface area contributed by atoms with E-state index in [1.165, 1.54) is 14.7 Å². The Morgan fingerprint density at radius 3 is 2.41 bits per heavy atom. The van der Waals surface area contributed by atoms with Gasteiger partial charge < -0.3 is 4.74 Å². The van der Waals surface area contributed by atoms with Crippen molar-refractivity contribution in [2.75, 3.05) is 6.61 Å². The van der Waals surface area contributed by atoms with E-state index in [1.54, 1.807) is 0 Å². The highest BCUT2D eigenvalue weighted by Crippen LogP contribution is 2.09. The Morgan fingerprint density at radius 2 is 1.65 bits per heavy atom. The van der Waals surface area contributed by atoms with Crippen LogP contribution < -0.4 is 0 Å². The topological polar surface area (TPSA) is 9.23 Å². The van der Waals surface area contributed by atoms with Crippen LogP contribution in [0.2, 0.25) is 0 Å². The molecule has 2 heteroatoms. The van der Waals surface area contributed by atoms with Crippen molar-refractivity contribution in [3.05, 3.63) is 69.3 Å². The summed E-state index contributed by atoms with van der Waals surface area (Å²) in [4.78, 5) is 0. The maximum Gasteiger partial charge on any atom is 0.0717 e. The summed E-state index contributed by atoms with van der Waals surface area (Å²) in [6.45, 7) is 1.47. The Labute approximate surface area is 116 Å². The molecule has 0 fully saturated rings. The predicted octanol–water partition coefficient (Wildman–Crippen LogP) is 4.05. The van der Waals surface area contributed by atoms with Gasteiger partial charge in [0.25, 0.3) is 0 Å². The summed E-state index contributed by atoms with van der Waals surface area (Å²) in [5, 5.41) is 0. The number of rotatable bonds is 5. The standard InChI is InChI=1S/C15H15IO/c16-15-8-4-7-13(11-15)9-10-17-12-14-5-2-1-3-6-14/h1-8,11H,9-10,12H2. The lowest BCUT2D eigenvalue weighted by Crippen LogP contribution is -1.99. The zero-order valence-corrected chi connectivity index (χ0v) is 11.8. The van der Waals surface area contributed by atoms with Crippen LogP contribution in [0.25, 0.3) is 0 Å². The SMILES string of the molecule is Ic1cccc(CCOCc2ccccc2)c1. The Balaban J connectivity index is 1.73. The van der Waals surface area contributed by atoms with Crippen molar-refractivity contribution in [3.63, 3.8) is 0 Å². The molecule has 17 heavy (non-hydrogen) atoms. The number of hydrogen-bond acceptors (Lipinski definition) is 1. The number of benzene rings is 2. The first-order chi connectivity index (χ1) is 8.34. The molecule has 0 N–H and O–H groups in total. The third-order valence-electron chi connectivity index (χ3n) is 2.54. The van der Waals surface area contributed by atoms with Crippen LogP contribution in [0.5, 0.6) is 0 Å². The van der Waals surface area contributed by atoms with E-state index >= 15 is 0 Å². The second-order valence-electron chi connectivity index (χ2n) is 3.92. The van der Waals surface area contributed by atoms with Gasteiger partial charge in [-0.05, 0) is 52.3 Å². The number of halogens is 1. The molecule has 0 saturated carbocycles. The molecular weight excluding hydrogens is 323 g/mol. The molecule has 0 atom stereocenters.